The fourth-order valence-electron chi connectivity index (χ4n) is 3.19. The molecule has 0 fully saturated rings. The lowest BCUT2D eigenvalue weighted by Crippen LogP contribution is -2.18. The molecule has 29 heavy (non-hydrogen) atoms. The molecule has 0 saturated heterocycles. The summed E-state index contributed by atoms with van der Waals surface area (Å²) in [5, 5.41) is 4.41. The highest BCUT2D eigenvalue weighted by atomic mass is 35.5. The van der Waals surface area contributed by atoms with E-state index in [4.69, 9.17) is 16.4 Å². The third kappa shape index (κ3) is 4.69. The summed E-state index contributed by atoms with van der Waals surface area (Å²) in [6.45, 7) is 3.52. The summed E-state index contributed by atoms with van der Waals surface area (Å²) in [6.07, 6.45) is -10.6. The van der Waals surface area contributed by atoms with E-state index >= 15 is 0 Å². The van der Waals surface area contributed by atoms with Crippen molar-refractivity contribution >= 4 is 17.3 Å². The summed E-state index contributed by atoms with van der Waals surface area (Å²) >= 11 is 6.17. The Morgan fingerprint density at radius 3 is 2.10 bits per heavy atom. The molecule has 1 aliphatic heterocycles. The summed E-state index contributed by atoms with van der Waals surface area (Å²) in [5.41, 5.74) is -0.786. The van der Waals surface area contributed by atoms with Gasteiger partial charge in [0.2, 0.25) is 0 Å². The molecule has 2 atom stereocenters. The van der Waals surface area contributed by atoms with Crippen LogP contribution in [0.5, 0.6) is 0 Å². The Labute approximate surface area is 168 Å². The van der Waals surface area contributed by atoms with E-state index in [0.29, 0.717) is 22.9 Å². The summed E-state index contributed by atoms with van der Waals surface area (Å²) in [6, 6.07) is 6.83. The van der Waals surface area contributed by atoms with Crippen molar-refractivity contribution < 1.29 is 31.2 Å². The molecule has 0 aliphatic carbocycles. The average Bonchev–Trinajstić information content (AvgIpc) is 2.97. The third-order valence-corrected chi connectivity index (χ3v) is 5.14. The smallest absolute Gasteiger partial charge is 0.387 e. The van der Waals surface area contributed by atoms with Gasteiger partial charge in [-0.15, -0.1) is 0 Å². The molecule has 156 valence electrons. The van der Waals surface area contributed by atoms with Gasteiger partial charge < -0.3 is 4.84 Å². The summed E-state index contributed by atoms with van der Waals surface area (Å²) in [7, 11) is 0. The van der Waals surface area contributed by atoms with Crippen molar-refractivity contribution in [1.29, 1.82) is 0 Å². The maximum atomic E-state index is 13.1. The van der Waals surface area contributed by atoms with Gasteiger partial charge in [0, 0.05) is 17.4 Å². The molecule has 1 aliphatic rings. The zero-order valence-corrected chi connectivity index (χ0v) is 16.1. The Hall–Kier alpha value is -2.22. The lowest BCUT2D eigenvalue weighted by molar-refractivity contribution is -0.143. The van der Waals surface area contributed by atoms with E-state index in [1.807, 2.05) is 19.1 Å². The van der Waals surface area contributed by atoms with E-state index in [9.17, 15) is 26.3 Å². The van der Waals surface area contributed by atoms with Gasteiger partial charge in [-0.2, -0.15) is 26.3 Å². The molecule has 0 radical (unpaired) electrons. The van der Waals surface area contributed by atoms with E-state index in [1.165, 1.54) is 0 Å². The number of halogens is 7. The standard InChI is InChI=1S/C20H16ClF6NO/c1-10-3-4-16(21)12(5-10)8-17-11(2)18(29-28-17)13-6-14(19(22,23)24)9-15(7-13)20(25,26)27/h3-7,9,11,18H,8H2,1-2H3/t11-,18+/m1/s1. The van der Waals surface area contributed by atoms with Crippen LogP contribution >= 0.6 is 11.6 Å². The van der Waals surface area contributed by atoms with Gasteiger partial charge in [0.1, 0.15) is 0 Å². The number of rotatable bonds is 3. The largest absolute Gasteiger partial charge is 0.416 e. The Kier molecular flexibility index (Phi) is 5.60. The zero-order chi connectivity index (χ0) is 21.6. The van der Waals surface area contributed by atoms with E-state index in [1.54, 1.807) is 13.0 Å². The van der Waals surface area contributed by atoms with Crippen LogP contribution in [-0.2, 0) is 23.6 Å². The van der Waals surface area contributed by atoms with Crippen molar-refractivity contribution in [3.05, 3.63) is 69.2 Å². The fraction of sp³-hybridized carbons (Fsp3) is 0.350. The normalized spacial score (nSPS) is 19.8. The van der Waals surface area contributed by atoms with Gasteiger partial charge in [-0.1, -0.05) is 41.4 Å². The minimum Gasteiger partial charge on any atom is -0.387 e. The summed E-state index contributed by atoms with van der Waals surface area (Å²) in [4.78, 5) is 5.25. The van der Waals surface area contributed by atoms with Crippen LogP contribution in [0.3, 0.4) is 0 Å². The van der Waals surface area contributed by atoms with Gasteiger partial charge in [-0.05, 0) is 42.3 Å². The van der Waals surface area contributed by atoms with Crippen molar-refractivity contribution in [3.8, 4) is 0 Å². The van der Waals surface area contributed by atoms with Gasteiger partial charge in [0.25, 0.3) is 0 Å². The summed E-state index contributed by atoms with van der Waals surface area (Å²) in [5.74, 6) is -0.531. The number of hydrogen-bond acceptors (Lipinski definition) is 2. The van der Waals surface area contributed by atoms with Gasteiger partial charge in [-0.25, -0.2) is 0 Å². The number of aryl methyl sites for hydroxylation is 1. The molecule has 0 N–H and O–H groups in total. The molecule has 2 aromatic rings. The second kappa shape index (κ2) is 7.55. The molecule has 1 heterocycles. The second-order valence-corrected chi connectivity index (χ2v) is 7.42. The lowest BCUT2D eigenvalue weighted by Gasteiger charge is -2.19. The molecule has 0 unspecified atom stereocenters. The molecule has 2 aromatic carbocycles. The molecular formula is C20H16ClF6NO. The van der Waals surface area contributed by atoms with Crippen molar-refractivity contribution in [1.82, 2.24) is 0 Å². The number of nitrogens with zero attached hydrogens (tertiary/aromatic N) is 1. The molecule has 2 nitrogen and oxygen atoms in total. The lowest BCUT2D eigenvalue weighted by atomic mass is 9.89. The van der Waals surface area contributed by atoms with Crippen LogP contribution in [0.2, 0.25) is 5.02 Å². The van der Waals surface area contributed by atoms with Crippen LogP contribution in [0.15, 0.2) is 41.6 Å². The van der Waals surface area contributed by atoms with Gasteiger partial charge in [-0.3, -0.25) is 0 Å². The highest BCUT2D eigenvalue weighted by Crippen LogP contribution is 2.41. The van der Waals surface area contributed by atoms with E-state index < -0.39 is 35.5 Å². The van der Waals surface area contributed by atoms with Gasteiger partial charge >= 0.3 is 12.4 Å². The first kappa shape index (κ1) is 21.5. The Balaban J connectivity index is 1.91. The highest BCUT2D eigenvalue weighted by Gasteiger charge is 2.40. The van der Waals surface area contributed by atoms with Crippen molar-refractivity contribution in [3.63, 3.8) is 0 Å². The first-order valence-electron chi connectivity index (χ1n) is 8.63. The van der Waals surface area contributed by atoms with Crippen LogP contribution < -0.4 is 0 Å². The van der Waals surface area contributed by atoms with Gasteiger partial charge in [0.05, 0.1) is 16.8 Å². The highest BCUT2D eigenvalue weighted by molar-refractivity contribution is 6.31. The Bertz CT molecular complexity index is 919. The van der Waals surface area contributed by atoms with E-state index in [-0.39, 0.29) is 18.1 Å². The number of oxime groups is 1. The van der Waals surface area contributed by atoms with Crippen LogP contribution in [-0.4, -0.2) is 5.71 Å². The average molecular weight is 436 g/mol. The minimum absolute atomic E-state index is 0.0946. The Morgan fingerprint density at radius 1 is 0.966 bits per heavy atom. The predicted molar refractivity (Wildman–Crippen MR) is 96.8 cm³/mol. The molecular weight excluding hydrogens is 420 g/mol. The van der Waals surface area contributed by atoms with Crippen molar-refractivity contribution in [2.45, 2.75) is 38.7 Å². The minimum atomic E-state index is -4.92. The van der Waals surface area contributed by atoms with Crippen LogP contribution in [0, 0.1) is 12.8 Å². The Morgan fingerprint density at radius 2 is 1.55 bits per heavy atom. The molecule has 9 heteroatoms. The number of benzene rings is 2. The van der Waals surface area contributed by atoms with Crippen molar-refractivity contribution in [2.24, 2.45) is 11.1 Å². The predicted octanol–water partition coefficient (Wildman–Crippen LogP) is 6.99. The summed E-state index contributed by atoms with van der Waals surface area (Å²) < 4.78 is 78.7. The zero-order valence-electron chi connectivity index (χ0n) is 15.3. The van der Waals surface area contributed by atoms with Crippen LogP contribution in [0.25, 0.3) is 0 Å². The van der Waals surface area contributed by atoms with Crippen molar-refractivity contribution in [2.75, 3.05) is 0 Å². The topological polar surface area (TPSA) is 21.6 Å². The maximum Gasteiger partial charge on any atom is 0.416 e. The number of hydrogen-bond donors (Lipinski definition) is 0. The first-order chi connectivity index (χ1) is 13.4. The van der Waals surface area contributed by atoms with Crippen LogP contribution in [0.1, 0.15) is 40.8 Å². The number of alkyl halides is 6. The molecule has 0 amide bonds. The maximum absolute atomic E-state index is 13.1. The molecule has 0 aromatic heterocycles. The molecule has 3 rings (SSSR count). The van der Waals surface area contributed by atoms with Crippen LogP contribution in [0.4, 0.5) is 26.3 Å². The third-order valence-electron chi connectivity index (χ3n) is 4.77. The van der Waals surface area contributed by atoms with E-state index in [0.717, 1.165) is 11.1 Å². The quantitative estimate of drug-likeness (QED) is 0.476. The SMILES string of the molecule is Cc1ccc(Cl)c(CC2=NO[C@H](c3cc(C(F)(F)F)cc(C(F)(F)F)c3)[C@@H]2C)c1. The second-order valence-electron chi connectivity index (χ2n) is 7.01. The van der Waals surface area contributed by atoms with Gasteiger partial charge in [0.15, 0.2) is 6.10 Å². The molecule has 0 saturated carbocycles. The first-order valence-corrected chi connectivity index (χ1v) is 9.01. The molecule has 0 spiro atoms. The fourth-order valence-corrected chi connectivity index (χ4v) is 3.38. The van der Waals surface area contributed by atoms with E-state index in [2.05, 4.69) is 5.16 Å². The molecule has 0 bridgehead atoms. The monoisotopic (exact) mass is 435 g/mol.